The zero-order valence-corrected chi connectivity index (χ0v) is 22.1. The fourth-order valence-corrected chi connectivity index (χ4v) is 3.58. The van der Waals surface area contributed by atoms with E-state index in [-0.39, 0.29) is 19.0 Å². The Morgan fingerprint density at radius 1 is 1.13 bits per heavy atom. The number of nitrogens with one attached hydrogen (secondary N) is 3. The summed E-state index contributed by atoms with van der Waals surface area (Å²) in [6, 6.07) is 14.4. The van der Waals surface area contributed by atoms with Gasteiger partial charge in [0.1, 0.15) is 18.2 Å². The number of hydrogen-bond acceptors (Lipinski definition) is 7. The normalized spacial score (nSPS) is 10.8. The topological polar surface area (TPSA) is 129 Å². The van der Waals surface area contributed by atoms with E-state index in [4.69, 9.17) is 4.74 Å². The number of hydrogen-bond donors (Lipinski definition) is 4. The van der Waals surface area contributed by atoms with Crippen molar-refractivity contribution in [2.24, 2.45) is 0 Å². The van der Waals surface area contributed by atoms with Gasteiger partial charge in [-0.2, -0.15) is 4.98 Å². The lowest BCUT2D eigenvalue weighted by Gasteiger charge is -2.33. The highest BCUT2D eigenvalue weighted by molar-refractivity contribution is 5.95. The molecule has 0 aliphatic heterocycles. The largest absolute Gasteiger partial charge is 0.489 e. The summed E-state index contributed by atoms with van der Waals surface area (Å²) >= 11 is 0. The molecule has 0 radical (unpaired) electrons. The van der Waals surface area contributed by atoms with Gasteiger partial charge in [0.2, 0.25) is 5.95 Å². The fourth-order valence-electron chi connectivity index (χ4n) is 3.58. The molecule has 2 aromatic carbocycles. The molecule has 10 heteroatoms. The van der Waals surface area contributed by atoms with Gasteiger partial charge in [-0.25, -0.2) is 9.78 Å². The molecule has 0 unspecified atom stereocenters. The van der Waals surface area contributed by atoms with Crippen molar-refractivity contribution in [2.45, 2.75) is 33.2 Å². The lowest BCUT2D eigenvalue weighted by molar-refractivity contribution is 0.0892. The monoisotopic (exact) mass is 518 g/mol. The van der Waals surface area contributed by atoms with Crippen LogP contribution in [0.3, 0.4) is 0 Å². The standard InChI is InChI=1S/C28H34N6O4/c1-6-16-38-22-11-10-19(2)23(18-22)32-24-12-13-30-26(33-24)31-21-9-7-8-20(17-21)25(35)29-14-15-34(27(36)37)28(3,4)5/h6-13,17-18H,1,14-16H2,2-5H3,(H,29,35)(H,36,37)(H2,30,31,32,33). The van der Waals surface area contributed by atoms with Gasteiger partial charge in [0.15, 0.2) is 0 Å². The zero-order valence-electron chi connectivity index (χ0n) is 22.1. The van der Waals surface area contributed by atoms with Gasteiger partial charge in [-0.05, 0) is 63.6 Å². The Morgan fingerprint density at radius 3 is 2.63 bits per heavy atom. The van der Waals surface area contributed by atoms with Crippen molar-refractivity contribution in [1.29, 1.82) is 0 Å². The molecule has 0 spiro atoms. The Bertz CT molecular complexity index is 1290. The van der Waals surface area contributed by atoms with E-state index in [1.165, 1.54) is 4.90 Å². The second-order valence-corrected chi connectivity index (χ2v) is 9.53. The first kappa shape index (κ1) is 28.0. The van der Waals surface area contributed by atoms with Crippen molar-refractivity contribution in [3.8, 4) is 5.75 Å². The van der Waals surface area contributed by atoms with Crippen LogP contribution in [0.2, 0.25) is 0 Å². The summed E-state index contributed by atoms with van der Waals surface area (Å²) in [5.41, 5.74) is 2.37. The van der Waals surface area contributed by atoms with Crippen LogP contribution < -0.4 is 20.7 Å². The van der Waals surface area contributed by atoms with E-state index >= 15 is 0 Å². The second-order valence-electron chi connectivity index (χ2n) is 9.53. The van der Waals surface area contributed by atoms with E-state index in [9.17, 15) is 14.7 Å². The molecule has 0 atom stereocenters. The molecule has 38 heavy (non-hydrogen) atoms. The summed E-state index contributed by atoms with van der Waals surface area (Å²) in [6.07, 6.45) is 2.29. The van der Waals surface area contributed by atoms with E-state index in [0.29, 0.717) is 29.6 Å². The number of rotatable bonds is 11. The van der Waals surface area contributed by atoms with Crippen molar-refractivity contribution in [1.82, 2.24) is 20.2 Å². The third-order valence-electron chi connectivity index (χ3n) is 5.54. The molecule has 2 amide bonds. The van der Waals surface area contributed by atoms with Gasteiger partial charge >= 0.3 is 6.09 Å². The maximum absolute atomic E-state index is 12.7. The van der Waals surface area contributed by atoms with Gasteiger partial charge in [-0.15, -0.1) is 0 Å². The number of carbonyl (C=O) groups is 2. The van der Waals surface area contributed by atoms with Crippen LogP contribution in [0.1, 0.15) is 36.7 Å². The second kappa shape index (κ2) is 12.6. The van der Waals surface area contributed by atoms with Crippen molar-refractivity contribution >= 4 is 35.1 Å². The zero-order chi connectivity index (χ0) is 27.7. The van der Waals surface area contributed by atoms with Crippen molar-refractivity contribution < 1.29 is 19.4 Å². The van der Waals surface area contributed by atoms with Gasteiger partial charge in [-0.1, -0.05) is 24.8 Å². The van der Waals surface area contributed by atoms with Crippen LogP contribution in [0.4, 0.5) is 27.9 Å². The summed E-state index contributed by atoms with van der Waals surface area (Å²) in [5, 5.41) is 18.6. The van der Waals surface area contributed by atoms with Crippen LogP contribution in [0.25, 0.3) is 0 Å². The Morgan fingerprint density at radius 2 is 1.92 bits per heavy atom. The number of benzene rings is 2. The molecule has 0 aliphatic rings. The van der Waals surface area contributed by atoms with Crippen LogP contribution in [0, 0.1) is 6.92 Å². The first-order valence-corrected chi connectivity index (χ1v) is 12.2. The minimum absolute atomic E-state index is 0.179. The predicted octanol–water partition coefficient (Wildman–Crippen LogP) is 5.35. The van der Waals surface area contributed by atoms with Crippen LogP contribution in [-0.2, 0) is 0 Å². The molecule has 0 bridgehead atoms. The number of aromatic nitrogens is 2. The summed E-state index contributed by atoms with van der Waals surface area (Å²) < 4.78 is 5.62. The molecule has 3 rings (SSSR count). The molecule has 0 saturated heterocycles. The van der Waals surface area contributed by atoms with Crippen LogP contribution in [0.15, 0.2) is 67.4 Å². The average molecular weight is 519 g/mol. The highest BCUT2D eigenvalue weighted by Crippen LogP contribution is 2.25. The van der Waals surface area contributed by atoms with Gasteiger partial charge in [0.05, 0.1) is 0 Å². The molecule has 3 aromatic rings. The number of anilines is 4. The van der Waals surface area contributed by atoms with Crippen molar-refractivity contribution in [2.75, 3.05) is 30.3 Å². The van der Waals surface area contributed by atoms with E-state index in [0.717, 1.165) is 17.0 Å². The minimum atomic E-state index is -1.03. The molecule has 0 fully saturated rings. The summed E-state index contributed by atoms with van der Waals surface area (Å²) in [7, 11) is 0. The molecule has 1 aromatic heterocycles. The number of aryl methyl sites for hydroxylation is 1. The molecule has 0 saturated carbocycles. The molecular weight excluding hydrogens is 484 g/mol. The lowest BCUT2D eigenvalue weighted by Crippen LogP contribution is -2.48. The van der Waals surface area contributed by atoms with Crippen LogP contribution in [-0.4, -0.2) is 57.2 Å². The average Bonchev–Trinajstić information content (AvgIpc) is 2.86. The number of ether oxygens (including phenoxy) is 1. The van der Waals surface area contributed by atoms with E-state index < -0.39 is 11.6 Å². The molecular formula is C28H34N6O4. The number of amides is 2. The third kappa shape index (κ3) is 7.95. The maximum Gasteiger partial charge on any atom is 0.407 e. The highest BCUT2D eigenvalue weighted by Gasteiger charge is 2.25. The Labute approximate surface area is 222 Å². The predicted molar refractivity (Wildman–Crippen MR) is 149 cm³/mol. The Balaban J connectivity index is 1.64. The number of nitrogens with zero attached hydrogens (tertiary/aromatic N) is 3. The van der Waals surface area contributed by atoms with E-state index in [1.54, 1.807) is 42.6 Å². The first-order valence-electron chi connectivity index (χ1n) is 12.2. The van der Waals surface area contributed by atoms with Crippen LogP contribution >= 0.6 is 0 Å². The molecule has 1 heterocycles. The van der Waals surface area contributed by atoms with Gasteiger partial charge in [-0.3, -0.25) is 4.79 Å². The quantitative estimate of drug-likeness (QED) is 0.250. The third-order valence-corrected chi connectivity index (χ3v) is 5.54. The van der Waals surface area contributed by atoms with E-state index in [2.05, 4.69) is 32.5 Å². The van der Waals surface area contributed by atoms with Gasteiger partial charge < -0.3 is 30.7 Å². The van der Waals surface area contributed by atoms with Crippen LogP contribution in [0.5, 0.6) is 5.75 Å². The fraction of sp³-hybridized carbons (Fsp3) is 0.286. The highest BCUT2D eigenvalue weighted by atomic mass is 16.5. The summed E-state index contributed by atoms with van der Waals surface area (Å²) in [4.78, 5) is 34.3. The number of carbonyl (C=O) groups excluding carboxylic acids is 1. The molecule has 10 nitrogen and oxygen atoms in total. The van der Waals surface area contributed by atoms with E-state index in [1.807, 2.05) is 45.9 Å². The molecule has 200 valence electrons. The summed E-state index contributed by atoms with van der Waals surface area (Å²) in [6.45, 7) is 11.9. The summed E-state index contributed by atoms with van der Waals surface area (Å²) in [5.74, 6) is 1.35. The molecule has 0 aliphatic carbocycles. The maximum atomic E-state index is 12.7. The lowest BCUT2D eigenvalue weighted by atomic mass is 10.1. The van der Waals surface area contributed by atoms with Gasteiger partial charge in [0.25, 0.3) is 5.91 Å². The van der Waals surface area contributed by atoms with Gasteiger partial charge in [0, 0.05) is 47.8 Å². The molecule has 4 N–H and O–H groups in total. The van der Waals surface area contributed by atoms with Crippen molar-refractivity contribution in [3.05, 3.63) is 78.5 Å². The Kier molecular flexibility index (Phi) is 9.26. The smallest absolute Gasteiger partial charge is 0.407 e. The van der Waals surface area contributed by atoms with Crippen molar-refractivity contribution in [3.63, 3.8) is 0 Å². The Hall–Kier alpha value is -4.60. The SMILES string of the molecule is C=CCOc1ccc(C)c(Nc2ccnc(Nc3cccc(C(=O)NCCN(C(=O)O)C(C)(C)C)c3)n2)c1. The first-order chi connectivity index (χ1) is 18.1. The minimum Gasteiger partial charge on any atom is -0.489 e. The number of carboxylic acid groups (broad SMARTS) is 1.